The first-order valence-corrected chi connectivity index (χ1v) is 7.38. The number of hydrogen-bond acceptors (Lipinski definition) is 3. The van der Waals surface area contributed by atoms with Crippen molar-refractivity contribution in [3.8, 4) is 0 Å². The van der Waals surface area contributed by atoms with Gasteiger partial charge in [0.1, 0.15) is 0 Å². The zero-order valence-corrected chi connectivity index (χ0v) is 12.8. The molecule has 3 nitrogen and oxygen atoms in total. The van der Waals surface area contributed by atoms with Crippen molar-refractivity contribution in [3.05, 3.63) is 20.8 Å². The molecule has 0 aromatic carbocycles. The summed E-state index contributed by atoms with van der Waals surface area (Å²) in [5.41, 5.74) is 0. The quantitative estimate of drug-likeness (QED) is 0.846. The van der Waals surface area contributed by atoms with Crippen LogP contribution in [-0.4, -0.2) is 19.0 Å². The lowest BCUT2D eigenvalue weighted by Crippen LogP contribution is -2.43. The van der Waals surface area contributed by atoms with Gasteiger partial charge >= 0.3 is 0 Å². The Labute approximate surface area is 115 Å². The fourth-order valence-electron chi connectivity index (χ4n) is 1.60. The SMILES string of the molecule is CNC(=O)C(CC(C)C)NCc1cc(Br)cs1. The Kier molecular flexibility index (Phi) is 6.16. The molecule has 0 saturated carbocycles. The second kappa shape index (κ2) is 7.13. The molecule has 0 aliphatic carbocycles. The van der Waals surface area contributed by atoms with Gasteiger partial charge in [0.2, 0.25) is 5.91 Å². The molecule has 5 heteroatoms. The van der Waals surface area contributed by atoms with E-state index in [0.717, 1.165) is 17.4 Å². The lowest BCUT2D eigenvalue weighted by Gasteiger charge is -2.18. The number of hydrogen-bond donors (Lipinski definition) is 2. The number of nitrogens with one attached hydrogen (secondary N) is 2. The number of halogens is 1. The van der Waals surface area contributed by atoms with Gasteiger partial charge in [-0.05, 0) is 34.3 Å². The number of rotatable bonds is 6. The van der Waals surface area contributed by atoms with Gasteiger partial charge in [-0.15, -0.1) is 11.3 Å². The van der Waals surface area contributed by atoms with Gasteiger partial charge in [-0.25, -0.2) is 0 Å². The first-order valence-electron chi connectivity index (χ1n) is 5.70. The highest BCUT2D eigenvalue weighted by Gasteiger charge is 2.17. The molecule has 0 bridgehead atoms. The lowest BCUT2D eigenvalue weighted by molar-refractivity contribution is -0.123. The minimum Gasteiger partial charge on any atom is -0.358 e. The van der Waals surface area contributed by atoms with Crippen LogP contribution in [-0.2, 0) is 11.3 Å². The number of carbonyl (C=O) groups excluding carboxylic acids is 1. The van der Waals surface area contributed by atoms with Gasteiger partial charge in [0, 0.05) is 28.3 Å². The van der Waals surface area contributed by atoms with Crippen molar-refractivity contribution in [3.63, 3.8) is 0 Å². The van der Waals surface area contributed by atoms with Crippen LogP contribution >= 0.6 is 27.3 Å². The van der Waals surface area contributed by atoms with E-state index < -0.39 is 0 Å². The molecule has 0 fully saturated rings. The molecule has 1 unspecified atom stereocenters. The van der Waals surface area contributed by atoms with Crippen LogP contribution in [0, 0.1) is 5.92 Å². The van der Waals surface area contributed by atoms with Crippen LogP contribution in [0.1, 0.15) is 25.1 Å². The third-order valence-electron chi connectivity index (χ3n) is 2.41. The molecule has 0 saturated heterocycles. The Hall–Kier alpha value is -0.390. The zero-order valence-electron chi connectivity index (χ0n) is 10.4. The summed E-state index contributed by atoms with van der Waals surface area (Å²) in [6.45, 7) is 4.99. The highest BCUT2D eigenvalue weighted by Crippen LogP contribution is 2.19. The molecular formula is C12H19BrN2OS. The average molecular weight is 319 g/mol. The van der Waals surface area contributed by atoms with E-state index in [9.17, 15) is 4.79 Å². The van der Waals surface area contributed by atoms with Crippen molar-refractivity contribution < 1.29 is 4.79 Å². The summed E-state index contributed by atoms with van der Waals surface area (Å²) < 4.78 is 1.10. The molecule has 1 aromatic heterocycles. The van der Waals surface area contributed by atoms with E-state index in [-0.39, 0.29) is 11.9 Å². The number of likely N-dealkylation sites (N-methyl/N-ethyl adjacent to an activating group) is 1. The van der Waals surface area contributed by atoms with Crippen LogP contribution in [0.25, 0.3) is 0 Å². The molecule has 1 heterocycles. The van der Waals surface area contributed by atoms with Crippen molar-refractivity contribution in [2.24, 2.45) is 5.92 Å². The third-order valence-corrected chi connectivity index (χ3v) is 4.11. The first-order chi connectivity index (χ1) is 8.02. The van der Waals surface area contributed by atoms with Crippen molar-refractivity contribution in [1.29, 1.82) is 0 Å². The summed E-state index contributed by atoms with van der Waals surface area (Å²) in [4.78, 5) is 12.9. The summed E-state index contributed by atoms with van der Waals surface area (Å²) in [6, 6.07) is 1.97. The molecule has 0 aliphatic rings. The Balaban J connectivity index is 2.51. The Morgan fingerprint density at radius 3 is 2.71 bits per heavy atom. The topological polar surface area (TPSA) is 41.1 Å². The van der Waals surface area contributed by atoms with Crippen molar-refractivity contribution in [2.75, 3.05) is 7.05 Å². The Morgan fingerprint density at radius 1 is 1.53 bits per heavy atom. The summed E-state index contributed by atoms with van der Waals surface area (Å²) >= 11 is 5.11. The molecule has 96 valence electrons. The van der Waals surface area contributed by atoms with Crippen LogP contribution < -0.4 is 10.6 Å². The maximum atomic E-state index is 11.7. The molecular weight excluding hydrogens is 300 g/mol. The molecule has 0 radical (unpaired) electrons. The van der Waals surface area contributed by atoms with E-state index >= 15 is 0 Å². The molecule has 17 heavy (non-hydrogen) atoms. The van der Waals surface area contributed by atoms with E-state index in [4.69, 9.17) is 0 Å². The van der Waals surface area contributed by atoms with Crippen molar-refractivity contribution in [2.45, 2.75) is 32.9 Å². The van der Waals surface area contributed by atoms with Crippen LogP contribution in [0.15, 0.2) is 15.9 Å². The van der Waals surface area contributed by atoms with Gasteiger partial charge < -0.3 is 10.6 Å². The minimum atomic E-state index is -0.110. The second-order valence-electron chi connectivity index (χ2n) is 4.41. The number of thiophene rings is 1. The molecule has 1 rings (SSSR count). The van der Waals surface area contributed by atoms with Crippen molar-refractivity contribution >= 4 is 33.2 Å². The largest absolute Gasteiger partial charge is 0.358 e. The van der Waals surface area contributed by atoms with Gasteiger partial charge in [0.15, 0.2) is 0 Å². The highest BCUT2D eigenvalue weighted by atomic mass is 79.9. The predicted molar refractivity (Wildman–Crippen MR) is 76.2 cm³/mol. The molecule has 1 aromatic rings. The monoisotopic (exact) mass is 318 g/mol. The highest BCUT2D eigenvalue weighted by molar-refractivity contribution is 9.10. The van der Waals surface area contributed by atoms with E-state index in [1.165, 1.54) is 4.88 Å². The van der Waals surface area contributed by atoms with Gasteiger partial charge in [-0.3, -0.25) is 4.79 Å². The summed E-state index contributed by atoms with van der Waals surface area (Å²) in [5, 5.41) is 8.06. The summed E-state index contributed by atoms with van der Waals surface area (Å²) in [7, 11) is 1.68. The van der Waals surface area contributed by atoms with Crippen LogP contribution in [0.2, 0.25) is 0 Å². The van der Waals surface area contributed by atoms with Crippen LogP contribution in [0.4, 0.5) is 0 Å². The summed E-state index contributed by atoms with van der Waals surface area (Å²) in [6.07, 6.45) is 0.853. The van der Waals surface area contributed by atoms with Gasteiger partial charge in [-0.1, -0.05) is 13.8 Å². The number of carbonyl (C=O) groups is 1. The number of amides is 1. The fraction of sp³-hybridized carbons (Fsp3) is 0.583. The molecule has 1 amide bonds. The lowest BCUT2D eigenvalue weighted by atomic mass is 10.0. The van der Waals surface area contributed by atoms with E-state index in [0.29, 0.717) is 5.92 Å². The Morgan fingerprint density at radius 2 is 2.24 bits per heavy atom. The van der Waals surface area contributed by atoms with E-state index in [1.54, 1.807) is 18.4 Å². The van der Waals surface area contributed by atoms with Crippen LogP contribution in [0.5, 0.6) is 0 Å². The second-order valence-corrected chi connectivity index (χ2v) is 6.32. The maximum absolute atomic E-state index is 11.7. The molecule has 0 aliphatic heterocycles. The third kappa shape index (κ3) is 5.19. The summed E-state index contributed by atoms with van der Waals surface area (Å²) in [5.74, 6) is 0.564. The molecule has 0 spiro atoms. The average Bonchev–Trinajstić information content (AvgIpc) is 2.68. The van der Waals surface area contributed by atoms with Gasteiger partial charge in [0.25, 0.3) is 0 Å². The normalized spacial score (nSPS) is 12.8. The van der Waals surface area contributed by atoms with E-state index in [2.05, 4.69) is 46.5 Å². The predicted octanol–water partition coefficient (Wildman–Crippen LogP) is 2.76. The fourth-order valence-corrected chi connectivity index (χ4v) is 3.00. The van der Waals surface area contributed by atoms with Crippen LogP contribution in [0.3, 0.4) is 0 Å². The van der Waals surface area contributed by atoms with E-state index in [1.807, 2.05) is 5.38 Å². The van der Waals surface area contributed by atoms with Crippen molar-refractivity contribution in [1.82, 2.24) is 10.6 Å². The first kappa shape index (κ1) is 14.7. The standard InChI is InChI=1S/C12H19BrN2OS/c1-8(2)4-11(12(16)14-3)15-6-10-5-9(13)7-17-10/h5,7-8,11,15H,4,6H2,1-3H3,(H,14,16). The molecule has 1 atom stereocenters. The smallest absolute Gasteiger partial charge is 0.236 e. The Bertz CT molecular complexity index is 365. The van der Waals surface area contributed by atoms with Gasteiger partial charge in [-0.2, -0.15) is 0 Å². The zero-order chi connectivity index (χ0) is 12.8. The molecule has 2 N–H and O–H groups in total. The minimum absolute atomic E-state index is 0.0642. The maximum Gasteiger partial charge on any atom is 0.236 e. The van der Waals surface area contributed by atoms with Gasteiger partial charge in [0.05, 0.1) is 6.04 Å².